The van der Waals surface area contributed by atoms with Crippen LogP contribution >= 0.6 is 23.1 Å². The van der Waals surface area contributed by atoms with Crippen molar-refractivity contribution in [3.63, 3.8) is 0 Å². The van der Waals surface area contributed by atoms with E-state index in [0.717, 1.165) is 23.1 Å². The lowest BCUT2D eigenvalue weighted by molar-refractivity contribution is -0.113. The van der Waals surface area contributed by atoms with Crippen molar-refractivity contribution in [3.05, 3.63) is 53.2 Å². The molecule has 0 saturated carbocycles. The zero-order chi connectivity index (χ0) is 19.4. The number of hydrogen-bond donors (Lipinski definition) is 2. The van der Waals surface area contributed by atoms with Crippen LogP contribution in [0.15, 0.2) is 39.1 Å². The quantitative estimate of drug-likeness (QED) is 0.476. The number of nitrogens with one attached hydrogen (secondary N) is 2. The van der Waals surface area contributed by atoms with E-state index in [4.69, 9.17) is 4.42 Å². The number of carbonyl (C=O) groups is 2. The number of furan rings is 1. The van der Waals surface area contributed by atoms with E-state index in [0.29, 0.717) is 26.6 Å². The highest BCUT2D eigenvalue weighted by atomic mass is 32.2. The van der Waals surface area contributed by atoms with E-state index < -0.39 is 5.82 Å². The fourth-order valence-corrected chi connectivity index (χ4v) is 3.76. The largest absolute Gasteiger partial charge is 0.466 e. The molecule has 0 radical (unpaired) electrons. The number of carbonyl (C=O) groups excluding carboxylic acids is 2. The Balaban J connectivity index is 1.53. The lowest BCUT2D eigenvalue weighted by Gasteiger charge is -2.04. The minimum atomic E-state index is -0.499. The Bertz CT molecular complexity index is 986. The third-order valence-corrected chi connectivity index (χ3v) is 5.36. The molecule has 3 aromatic rings. The smallest absolute Gasteiger partial charge is 0.261 e. The number of anilines is 2. The normalized spacial score (nSPS) is 10.6. The Morgan fingerprint density at radius 2 is 2.00 bits per heavy atom. The fraction of sp³-hybridized carbons (Fsp3) is 0.176. The number of benzene rings is 1. The summed E-state index contributed by atoms with van der Waals surface area (Å²) in [4.78, 5) is 24.1. The maximum absolute atomic E-state index is 13.5. The zero-order valence-electron chi connectivity index (χ0n) is 14.4. The maximum atomic E-state index is 13.5. The van der Waals surface area contributed by atoms with Gasteiger partial charge in [-0.15, -0.1) is 10.2 Å². The van der Waals surface area contributed by atoms with E-state index in [1.807, 2.05) is 0 Å². The van der Waals surface area contributed by atoms with Crippen LogP contribution < -0.4 is 10.6 Å². The number of rotatable bonds is 6. The molecular formula is C17H15FN4O3S2. The molecule has 0 saturated heterocycles. The summed E-state index contributed by atoms with van der Waals surface area (Å²) in [6.07, 6.45) is 0. The summed E-state index contributed by atoms with van der Waals surface area (Å²) in [5.41, 5.74) is 0.556. The number of halogens is 1. The zero-order valence-corrected chi connectivity index (χ0v) is 16.0. The van der Waals surface area contributed by atoms with Gasteiger partial charge in [0, 0.05) is 0 Å². The predicted molar refractivity (Wildman–Crippen MR) is 102 cm³/mol. The molecule has 0 aliphatic heterocycles. The minimum absolute atomic E-state index is 0.0386. The summed E-state index contributed by atoms with van der Waals surface area (Å²) in [6, 6.07) is 7.58. The van der Waals surface area contributed by atoms with E-state index in [1.165, 1.54) is 12.1 Å². The van der Waals surface area contributed by atoms with E-state index >= 15 is 0 Å². The number of amides is 2. The molecule has 3 rings (SSSR count). The van der Waals surface area contributed by atoms with Crippen molar-refractivity contribution < 1.29 is 18.4 Å². The van der Waals surface area contributed by atoms with Crippen molar-refractivity contribution in [1.29, 1.82) is 0 Å². The number of para-hydroxylation sites is 1. The molecule has 27 heavy (non-hydrogen) atoms. The van der Waals surface area contributed by atoms with Crippen molar-refractivity contribution in [2.75, 3.05) is 16.4 Å². The molecule has 2 amide bonds. The Labute approximate surface area is 162 Å². The Morgan fingerprint density at radius 3 is 2.70 bits per heavy atom. The Morgan fingerprint density at radius 1 is 1.22 bits per heavy atom. The van der Waals surface area contributed by atoms with Crippen LogP contribution in [0.3, 0.4) is 0 Å². The third-order valence-electron chi connectivity index (χ3n) is 3.39. The number of thioether (sulfide) groups is 1. The van der Waals surface area contributed by atoms with Crippen molar-refractivity contribution >= 4 is 45.7 Å². The van der Waals surface area contributed by atoms with Gasteiger partial charge in [0.25, 0.3) is 5.91 Å². The Hall–Kier alpha value is -2.72. The Kier molecular flexibility index (Phi) is 5.87. The first-order valence-corrected chi connectivity index (χ1v) is 9.61. The highest BCUT2D eigenvalue weighted by Crippen LogP contribution is 2.26. The number of aromatic nitrogens is 2. The molecule has 0 bridgehead atoms. The monoisotopic (exact) mass is 406 g/mol. The van der Waals surface area contributed by atoms with Crippen molar-refractivity contribution in [2.45, 2.75) is 18.2 Å². The predicted octanol–water partition coefficient (Wildman–Crippen LogP) is 3.87. The minimum Gasteiger partial charge on any atom is -0.466 e. The molecule has 140 valence electrons. The van der Waals surface area contributed by atoms with Gasteiger partial charge < -0.3 is 9.73 Å². The van der Waals surface area contributed by atoms with Gasteiger partial charge in [0.2, 0.25) is 11.0 Å². The second kappa shape index (κ2) is 8.31. The van der Waals surface area contributed by atoms with Crippen LogP contribution in [0.25, 0.3) is 0 Å². The SMILES string of the molecule is Cc1cc(C(=O)Nc2nnc(SCC(=O)Nc3ccccc3F)s2)c(C)o1. The van der Waals surface area contributed by atoms with E-state index in [9.17, 15) is 14.0 Å². The van der Waals surface area contributed by atoms with Gasteiger partial charge in [-0.3, -0.25) is 14.9 Å². The van der Waals surface area contributed by atoms with Gasteiger partial charge in [-0.05, 0) is 32.0 Å². The second-order valence-electron chi connectivity index (χ2n) is 5.47. The molecular weight excluding hydrogens is 391 g/mol. The molecule has 0 atom stereocenters. The van der Waals surface area contributed by atoms with Crippen LogP contribution in [0.4, 0.5) is 15.2 Å². The second-order valence-corrected chi connectivity index (χ2v) is 7.67. The third kappa shape index (κ3) is 4.92. The molecule has 2 heterocycles. The summed E-state index contributed by atoms with van der Waals surface area (Å²) in [6.45, 7) is 3.47. The van der Waals surface area contributed by atoms with Gasteiger partial charge in [-0.1, -0.05) is 35.2 Å². The van der Waals surface area contributed by atoms with Crippen LogP contribution in [-0.4, -0.2) is 27.8 Å². The van der Waals surface area contributed by atoms with Gasteiger partial charge in [-0.25, -0.2) is 4.39 Å². The van der Waals surface area contributed by atoms with Gasteiger partial charge in [0.05, 0.1) is 17.0 Å². The van der Waals surface area contributed by atoms with Crippen LogP contribution in [0.2, 0.25) is 0 Å². The average molecular weight is 406 g/mol. The van der Waals surface area contributed by atoms with Gasteiger partial charge >= 0.3 is 0 Å². The van der Waals surface area contributed by atoms with E-state index in [1.54, 1.807) is 32.0 Å². The highest BCUT2D eigenvalue weighted by Gasteiger charge is 2.16. The van der Waals surface area contributed by atoms with Crippen LogP contribution in [-0.2, 0) is 4.79 Å². The summed E-state index contributed by atoms with van der Waals surface area (Å²) < 4.78 is 19.4. The first-order chi connectivity index (χ1) is 12.9. The first kappa shape index (κ1) is 19.1. The molecule has 10 heteroatoms. The van der Waals surface area contributed by atoms with Gasteiger partial charge in [0.1, 0.15) is 17.3 Å². The number of aryl methyl sites for hydroxylation is 2. The van der Waals surface area contributed by atoms with Crippen molar-refractivity contribution in [1.82, 2.24) is 10.2 Å². The van der Waals surface area contributed by atoms with E-state index in [2.05, 4.69) is 20.8 Å². The standard InChI is InChI=1S/C17H15FN4O3S2/c1-9-7-11(10(2)25-9)15(24)20-16-21-22-17(27-16)26-8-14(23)19-13-6-4-3-5-12(13)18/h3-7H,8H2,1-2H3,(H,19,23)(H,20,21,24). The van der Waals surface area contributed by atoms with Gasteiger partial charge in [-0.2, -0.15) is 0 Å². The average Bonchev–Trinajstić information content (AvgIpc) is 3.21. The topological polar surface area (TPSA) is 97.1 Å². The van der Waals surface area contributed by atoms with Crippen molar-refractivity contribution in [2.24, 2.45) is 0 Å². The van der Waals surface area contributed by atoms with Gasteiger partial charge in [0.15, 0.2) is 4.34 Å². The lowest BCUT2D eigenvalue weighted by atomic mass is 10.2. The fourth-order valence-electron chi connectivity index (χ4n) is 2.22. The van der Waals surface area contributed by atoms with Crippen molar-refractivity contribution in [3.8, 4) is 0 Å². The summed E-state index contributed by atoms with van der Waals surface area (Å²) >= 11 is 2.29. The first-order valence-electron chi connectivity index (χ1n) is 7.81. The number of nitrogens with zero attached hydrogens (tertiary/aromatic N) is 2. The number of hydrogen-bond acceptors (Lipinski definition) is 7. The molecule has 7 nitrogen and oxygen atoms in total. The maximum Gasteiger partial charge on any atom is 0.261 e. The molecule has 2 aromatic heterocycles. The molecule has 0 unspecified atom stereocenters. The molecule has 0 spiro atoms. The molecule has 1 aromatic carbocycles. The van der Waals surface area contributed by atoms with Crippen LogP contribution in [0.5, 0.6) is 0 Å². The summed E-state index contributed by atoms with van der Waals surface area (Å²) in [5.74, 6) is 0.00366. The van der Waals surface area contributed by atoms with Crippen LogP contribution in [0, 0.1) is 19.7 Å². The molecule has 0 aliphatic carbocycles. The van der Waals surface area contributed by atoms with Crippen LogP contribution in [0.1, 0.15) is 21.9 Å². The lowest BCUT2D eigenvalue weighted by Crippen LogP contribution is -2.14. The molecule has 0 fully saturated rings. The highest BCUT2D eigenvalue weighted by molar-refractivity contribution is 8.01. The molecule has 2 N–H and O–H groups in total. The molecule has 0 aliphatic rings. The summed E-state index contributed by atoms with van der Waals surface area (Å²) in [7, 11) is 0. The van der Waals surface area contributed by atoms with E-state index in [-0.39, 0.29) is 23.3 Å². The summed E-state index contributed by atoms with van der Waals surface area (Å²) in [5, 5.41) is 13.3.